The van der Waals surface area contributed by atoms with Gasteiger partial charge < -0.3 is 15.4 Å². The number of methoxy groups -OCH3 is 1. The molecule has 0 aromatic heterocycles. The summed E-state index contributed by atoms with van der Waals surface area (Å²) in [4.78, 5) is 14.5. The van der Waals surface area contributed by atoms with E-state index in [1.807, 2.05) is 23.1 Å². The summed E-state index contributed by atoms with van der Waals surface area (Å²) in [5, 5.41) is 0. The summed E-state index contributed by atoms with van der Waals surface area (Å²) in [6.45, 7) is 3.51. The van der Waals surface area contributed by atoms with Crippen molar-refractivity contribution < 1.29 is 9.53 Å². The first-order chi connectivity index (χ1) is 10.2. The van der Waals surface area contributed by atoms with Crippen LogP contribution < -0.4 is 10.5 Å². The van der Waals surface area contributed by atoms with Gasteiger partial charge in [0.05, 0.1) is 7.11 Å². The Balaban J connectivity index is 0.00000242. The van der Waals surface area contributed by atoms with Crippen LogP contribution in [0.3, 0.4) is 0 Å². The summed E-state index contributed by atoms with van der Waals surface area (Å²) in [7, 11) is 1.66. The van der Waals surface area contributed by atoms with Gasteiger partial charge in [-0.15, -0.1) is 12.4 Å². The average Bonchev–Trinajstić information content (AvgIpc) is 2.54. The van der Waals surface area contributed by atoms with Crippen molar-refractivity contribution in [2.75, 3.05) is 20.2 Å². The van der Waals surface area contributed by atoms with Gasteiger partial charge in [-0.3, -0.25) is 4.79 Å². The SMILES string of the molecule is COc1cccc(C(C)CC(=O)N2CCCCC2CN)c1.Cl. The number of carbonyl (C=O) groups is 1. The first-order valence-corrected chi connectivity index (χ1v) is 7.79. The molecule has 1 fully saturated rings. The highest BCUT2D eigenvalue weighted by molar-refractivity contribution is 5.85. The van der Waals surface area contributed by atoms with Crippen molar-refractivity contribution in [3.63, 3.8) is 0 Å². The highest BCUT2D eigenvalue weighted by atomic mass is 35.5. The quantitative estimate of drug-likeness (QED) is 0.905. The molecule has 0 saturated carbocycles. The molecule has 1 aromatic carbocycles. The fourth-order valence-corrected chi connectivity index (χ4v) is 3.02. The monoisotopic (exact) mass is 326 g/mol. The smallest absolute Gasteiger partial charge is 0.223 e. The summed E-state index contributed by atoms with van der Waals surface area (Å²) in [6, 6.07) is 8.18. The molecule has 1 aromatic rings. The van der Waals surface area contributed by atoms with E-state index in [0.29, 0.717) is 13.0 Å². The summed E-state index contributed by atoms with van der Waals surface area (Å²) >= 11 is 0. The minimum atomic E-state index is 0. The lowest BCUT2D eigenvalue weighted by molar-refractivity contribution is -0.135. The molecule has 1 aliphatic rings. The van der Waals surface area contributed by atoms with Gasteiger partial charge in [-0.05, 0) is 42.9 Å². The lowest BCUT2D eigenvalue weighted by Gasteiger charge is -2.35. The van der Waals surface area contributed by atoms with Gasteiger partial charge in [0, 0.05) is 25.6 Å². The number of hydrogen-bond acceptors (Lipinski definition) is 3. The third kappa shape index (κ3) is 4.62. The van der Waals surface area contributed by atoms with Crippen LogP contribution in [0.2, 0.25) is 0 Å². The number of ether oxygens (including phenoxy) is 1. The zero-order valence-corrected chi connectivity index (χ0v) is 14.3. The second kappa shape index (κ2) is 9.01. The van der Waals surface area contributed by atoms with Crippen LogP contribution in [0, 0.1) is 0 Å². The van der Waals surface area contributed by atoms with Crippen LogP contribution in [0.15, 0.2) is 24.3 Å². The number of halogens is 1. The minimum absolute atomic E-state index is 0. The van der Waals surface area contributed by atoms with Gasteiger partial charge >= 0.3 is 0 Å². The van der Waals surface area contributed by atoms with E-state index in [4.69, 9.17) is 10.5 Å². The number of nitrogens with two attached hydrogens (primary N) is 1. The third-order valence-corrected chi connectivity index (χ3v) is 4.36. The Hall–Kier alpha value is -1.26. The molecular formula is C17H27ClN2O2. The fourth-order valence-electron chi connectivity index (χ4n) is 3.02. The van der Waals surface area contributed by atoms with Gasteiger partial charge in [-0.25, -0.2) is 0 Å². The Morgan fingerprint density at radius 1 is 1.45 bits per heavy atom. The number of benzene rings is 1. The van der Waals surface area contributed by atoms with Crippen molar-refractivity contribution in [3.05, 3.63) is 29.8 Å². The van der Waals surface area contributed by atoms with Crippen molar-refractivity contribution in [2.45, 2.75) is 44.6 Å². The van der Waals surface area contributed by atoms with Crippen molar-refractivity contribution in [3.8, 4) is 5.75 Å². The maximum Gasteiger partial charge on any atom is 0.223 e. The molecule has 0 aliphatic carbocycles. The van der Waals surface area contributed by atoms with Crippen LogP contribution in [-0.4, -0.2) is 37.0 Å². The third-order valence-electron chi connectivity index (χ3n) is 4.36. The summed E-state index contributed by atoms with van der Waals surface area (Å²) < 4.78 is 5.25. The summed E-state index contributed by atoms with van der Waals surface area (Å²) in [6.07, 6.45) is 3.84. The first kappa shape index (κ1) is 18.8. The number of hydrogen-bond donors (Lipinski definition) is 1. The van der Waals surface area contributed by atoms with E-state index in [-0.39, 0.29) is 30.3 Å². The molecule has 1 saturated heterocycles. The number of amides is 1. The Bertz CT molecular complexity index is 481. The number of nitrogens with zero attached hydrogens (tertiary/aromatic N) is 1. The molecular weight excluding hydrogens is 300 g/mol. The molecule has 0 bridgehead atoms. The fraction of sp³-hybridized carbons (Fsp3) is 0.588. The Labute approximate surface area is 139 Å². The molecule has 2 N–H and O–H groups in total. The van der Waals surface area contributed by atoms with E-state index in [0.717, 1.165) is 30.7 Å². The predicted molar refractivity (Wildman–Crippen MR) is 91.7 cm³/mol. The first-order valence-electron chi connectivity index (χ1n) is 7.79. The zero-order valence-electron chi connectivity index (χ0n) is 13.5. The molecule has 1 aliphatic heterocycles. The second-order valence-electron chi connectivity index (χ2n) is 5.85. The molecule has 2 unspecified atom stereocenters. The van der Waals surface area contributed by atoms with Crippen molar-refractivity contribution in [2.24, 2.45) is 5.73 Å². The number of rotatable bonds is 5. The molecule has 1 amide bonds. The molecule has 2 atom stereocenters. The van der Waals surface area contributed by atoms with E-state index in [1.165, 1.54) is 6.42 Å². The van der Waals surface area contributed by atoms with E-state index < -0.39 is 0 Å². The Morgan fingerprint density at radius 3 is 2.91 bits per heavy atom. The topological polar surface area (TPSA) is 55.6 Å². The summed E-state index contributed by atoms with van der Waals surface area (Å²) in [5.74, 6) is 1.25. The van der Waals surface area contributed by atoms with Crippen molar-refractivity contribution >= 4 is 18.3 Å². The van der Waals surface area contributed by atoms with Crippen LogP contribution in [0.25, 0.3) is 0 Å². The number of carbonyl (C=O) groups excluding carboxylic acids is 1. The lowest BCUT2D eigenvalue weighted by Crippen LogP contribution is -2.47. The van der Waals surface area contributed by atoms with Gasteiger partial charge in [0.25, 0.3) is 0 Å². The largest absolute Gasteiger partial charge is 0.497 e. The van der Waals surface area contributed by atoms with Crippen molar-refractivity contribution in [1.29, 1.82) is 0 Å². The van der Waals surface area contributed by atoms with Crippen molar-refractivity contribution in [1.82, 2.24) is 4.90 Å². The second-order valence-corrected chi connectivity index (χ2v) is 5.85. The average molecular weight is 327 g/mol. The zero-order chi connectivity index (χ0) is 15.2. The van der Waals surface area contributed by atoms with E-state index in [1.54, 1.807) is 7.11 Å². The molecule has 124 valence electrons. The molecule has 1 heterocycles. The van der Waals surface area contributed by atoms with Crippen LogP contribution >= 0.6 is 12.4 Å². The van der Waals surface area contributed by atoms with Gasteiger partial charge in [-0.2, -0.15) is 0 Å². The van der Waals surface area contributed by atoms with Crippen LogP contribution in [-0.2, 0) is 4.79 Å². The molecule has 22 heavy (non-hydrogen) atoms. The lowest BCUT2D eigenvalue weighted by atomic mass is 9.95. The predicted octanol–water partition coefficient (Wildman–Crippen LogP) is 2.95. The van der Waals surface area contributed by atoms with E-state index >= 15 is 0 Å². The van der Waals surface area contributed by atoms with E-state index in [9.17, 15) is 4.79 Å². The van der Waals surface area contributed by atoms with Gasteiger partial charge in [-0.1, -0.05) is 19.1 Å². The summed E-state index contributed by atoms with van der Waals surface area (Å²) in [5.41, 5.74) is 6.94. The highest BCUT2D eigenvalue weighted by Gasteiger charge is 2.26. The minimum Gasteiger partial charge on any atom is -0.497 e. The maximum absolute atomic E-state index is 12.5. The number of piperidine rings is 1. The van der Waals surface area contributed by atoms with Gasteiger partial charge in [0.2, 0.25) is 5.91 Å². The molecule has 0 spiro atoms. The van der Waals surface area contributed by atoms with E-state index in [2.05, 4.69) is 13.0 Å². The van der Waals surface area contributed by atoms with Crippen LogP contribution in [0.4, 0.5) is 0 Å². The molecule has 0 radical (unpaired) electrons. The molecule has 5 heteroatoms. The van der Waals surface area contributed by atoms with Gasteiger partial charge in [0.15, 0.2) is 0 Å². The highest BCUT2D eigenvalue weighted by Crippen LogP contribution is 2.25. The maximum atomic E-state index is 12.5. The molecule has 2 rings (SSSR count). The Morgan fingerprint density at radius 2 is 2.23 bits per heavy atom. The number of likely N-dealkylation sites (tertiary alicyclic amines) is 1. The Kier molecular flexibility index (Phi) is 7.69. The normalized spacial score (nSPS) is 19.2. The van der Waals surface area contributed by atoms with Crippen LogP contribution in [0.5, 0.6) is 5.75 Å². The van der Waals surface area contributed by atoms with Gasteiger partial charge in [0.1, 0.15) is 5.75 Å². The standard InChI is InChI=1S/C17H26N2O2.ClH/c1-13(14-6-5-8-16(11-14)21-2)10-17(20)19-9-4-3-7-15(19)12-18;/h5-6,8,11,13,15H,3-4,7,9-10,12,18H2,1-2H3;1H. The molecule has 4 nitrogen and oxygen atoms in total. The van der Waals surface area contributed by atoms with Crippen LogP contribution in [0.1, 0.15) is 44.1 Å².